The molecule has 0 spiro atoms. The van der Waals surface area contributed by atoms with Gasteiger partial charge in [-0.2, -0.15) is 0 Å². The molecule has 0 saturated heterocycles. The van der Waals surface area contributed by atoms with Crippen molar-refractivity contribution < 1.29 is 4.79 Å². The van der Waals surface area contributed by atoms with Gasteiger partial charge in [0.05, 0.1) is 0 Å². The zero-order valence-corrected chi connectivity index (χ0v) is 9.10. The van der Waals surface area contributed by atoms with Crippen molar-refractivity contribution >= 4 is 17.4 Å². The highest BCUT2D eigenvalue weighted by Crippen LogP contribution is 2.22. The van der Waals surface area contributed by atoms with Gasteiger partial charge >= 0.3 is 0 Å². The van der Waals surface area contributed by atoms with Gasteiger partial charge in [-0.1, -0.05) is 37.1 Å². The topological polar surface area (TPSA) is 17.1 Å². The number of carbonyl (C=O) groups excluding carboxylic acids is 1. The molecule has 0 heterocycles. The molecule has 0 aliphatic carbocycles. The van der Waals surface area contributed by atoms with Crippen LogP contribution in [-0.2, 0) is 6.42 Å². The molecule has 0 unspecified atom stereocenters. The largest absolute Gasteiger partial charge is 0.295 e. The Bertz CT molecular complexity index is 331. The molecule has 0 atom stereocenters. The smallest absolute Gasteiger partial charge is 0.160 e. The number of Topliss-reactive ketones (excluding diaryl/α,β-unsaturated/α-hetero) is 1. The van der Waals surface area contributed by atoms with E-state index >= 15 is 0 Å². The molecule has 14 heavy (non-hydrogen) atoms. The number of carbonyl (C=O) groups is 1. The van der Waals surface area contributed by atoms with Gasteiger partial charge in [-0.3, -0.25) is 4.79 Å². The van der Waals surface area contributed by atoms with Crippen LogP contribution in [0.3, 0.4) is 0 Å². The molecule has 0 fully saturated rings. The summed E-state index contributed by atoms with van der Waals surface area (Å²) in [5.74, 6) is 0.0755. The minimum Gasteiger partial charge on any atom is -0.295 e. The van der Waals surface area contributed by atoms with E-state index in [1.54, 1.807) is 6.92 Å². The summed E-state index contributed by atoms with van der Waals surface area (Å²) in [4.78, 5) is 11.3. The van der Waals surface area contributed by atoms with Crippen molar-refractivity contribution in [2.75, 3.05) is 0 Å². The third-order valence-corrected chi connectivity index (χ3v) is 2.53. The molecule has 1 rings (SSSR count). The summed E-state index contributed by atoms with van der Waals surface area (Å²) < 4.78 is 0. The maximum atomic E-state index is 11.3. The van der Waals surface area contributed by atoms with Crippen molar-refractivity contribution in [1.82, 2.24) is 0 Å². The Kier molecular flexibility index (Phi) is 4.15. The Morgan fingerprint density at radius 2 is 2.21 bits per heavy atom. The SMILES string of the molecule is [CH2]CCCc1c(Cl)cccc1C(C)=O. The molecule has 0 aliphatic rings. The van der Waals surface area contributed by atoms with Crippen molar-refractivity contribution in [2.24, 2.45) is 0 Å². The van der Waals surface area contributed by atoms with Crippen molar-refractivity contribution in [3.63, 3.8) is 0 Å². The second kappa shape index (κ2) is 5.16. The minimum atomic E-state index is 0.0755. The van der Waals surface area contributed by atoms with Gasteiger partial charge < -0.3 is 0 Å². The molecule has 1 nitrogen and oxygen atoms in total. The molecule has 1 aromatic carbocycles. The summed E-state index contributed by atoms with van der Waals surface area (Å²) in [6.45, 7) is 5.35. The van der Waals surface area contributed by atoms with Crippen LogP contribution in [0.2, 0.25) is 5.02 Å². The van der Waals surface area contributed by atoms with Crippen LogP contribution in [0.15, 0.2) is 18.2 Å². The highest BCUT2D eigenvalue weighted by atomic mass is 35.5. The summed E-state index contributed by atoms with van der Waals surface area (Å²) in [7, 11) is 0. The van der Waals surface area contributed by atoms with Gasteiger partial charge in [0.2, 0.25) is 0 Å². The van der Waals surface area contributed by atoms with Crippen molar-refractivity contribution in [1.29, 1.82) is 0 Å². The maximum Gasteiger partial charge on any atom is 0.160 e. The van der Waals surface area contributed by atoms with E-state index in [0.29, 0.717) is 5.02 Å². The number of hydrogen-bond acceptors (Lipinski definition) is 1. The molecule has 1 aromatic rings. The van der Waals surface area contributed by atoms with Gasteiger partial charge in [0, 0.05) is 10.6 Å². The lowest BCUT2D eigenvalue weighted by molar-refractivity contribution is 0.101. The second-order valence-electron chi connectivity index (χ2n) is 3.28. The quantitative estimate of drug-likeness (QED) is 0.692. The third-order valence-electron chi connectivity index (χ3n) is 2.17. The predicted octanol–water partition coefficient (Wildman–Crippen LogP) is 3.70. The molecular formula is C12H14ClO. The first-order chi connectivity index (χ1) is 6.66. The lowest BCUT2D eigenvalue weighted by atomic mass is 9.99. The fourth-order valence-electron chi connectivity index (χ4n) is 1.44. The third kappa shape index (κ3) is 2.58. The number of rotatable bonds is 4. The van der Waals surface area contributed by atoms with Gasteiger partial charge in [-0.05, 0) is 31.4 Å². The first kappa shape index (κ1) is 11.3. The van der Waals surface area contributed by atoms with E-state index in [1.165, 1.54) is 0 Å². The van der Waals surface area contributed by atoms with E-state index in [4.69, 9.17) is 11.6 Å². The normalized spacial score (nSPS) is 10.2. The molecule has 0 aromatic heterocycles. The maximum absolute atomic E-state index is 11.3. The highest BCUT2D eigenvalue weighted by Gasteiger charge is 2.09. The van der Waals surface area contributed by atoms with E-state index in [2.05, 4.69) is 6.92 Å². The Hall–Kier alpha value is -0.820. The van der Waals surface area contributed by atoms with Crippen LogP contribution in [0.25, 0.3) is 0 Å². The van der Waals surface area contributed by atoms with Crippen molar-refractivity contribution in [3.05, 3.63) is 41.3 Å². The molecule has 0 bridgehead atoms. The van der Waals surface area contributed by atoms with Gasteiger partial charge in [0.1, 0.15) is 0 Å². The molecule has 2 heteroatoms. The van der Waals surface area contributed by atoms with E-state index in [-0.39, 0.29) is 5.78 Å². The summed E-state index contributed by atoms with van der Waals surface area (Å²) in [6, 6.07) is 5.46. The van der Waals surface area contributed by atoms with Crippen LogP contribution in [0.1, 0.15) is 35.7 Å². The summed E-state index contributed by atoms with van der Waals surface area (Å²) in [5, 5.41) is 0.686. The van der Waals surface area contributed by atoms with E-state index < -0.39 is 0 Å². The average molecular weight is 210 g/mol. The van der Waals surface area contributed by atoms with Crippen LogP contribution < -0.4 is 0 Å². The number of ketones is 1. The molecule has 75 valence electrons. The Balaban J connectivity index is 3.02. The number of halogens is 1. The van der Waals surface area contributed by atoms with Crippen LogP contribution in [0, 0.1) is 6.92 Å². The molecule has 0 N–H and O–H groups in total. The standard InChI is InChI=1S/C12H14ClO/c1-3-4-6-11-10(9(2)14)7-5-8-12(11)13/h5,7-8H,1,3-4,6H2,2H3. The highest BCUT2D eigenvalue weighted by molar-refractivity contribution is 6.31. The van der Waals surface area contributed by atoms with Crippen LogP contribution in [-0.4, -0.2) is 5.78 Å². The monoisotopic (exact) mass is 209 g/mol. The van der Waals surface area contributed by atoms with E-state index in [1.807, 2.05) is 18.2 Å². The summed E-state index contributed by atoms with van der Waals surface area (Å²) >= 11 is 6.04. The number of hydrogen-bond donors (Lipinski definition) is 0. The number of benzene rings is 1. The summed E-state index contributed by atoms with van der Waals surface area (Å²) in [5.41, 5.74) is 1.70. The van der Waals surface area contributed by atoms with Gasteiger partial charge in [0.25, 0.3) is 0 Å². The molecule has 1 radical (unpaired) electrons. The van der Waals surface area contributed by atoms with E-state index in [0.717, 1.165) is 30.4 Å². The van der Waals surface area contributed by atoms with Gasteiger partial charge in [-0.15, -0.1) is 0 Å². The van der Waals surface area contributed by atoms with Crippen LogP contribution in [0.4, 0.5) is 0 Å². The predicted molar refractivity (Wildman–Crippen MR) is 59.8 cm³/mol. The molecule has 0 aliphatic heterocycles. The summed E-state index contributed by atoms with van der Waals surface area (Å²) in [6.07, 6.45) is 2.66. The van der Waals surface area contributed by atoms with Gasteiger partial charge in [0.15, 0.2) is 5.78 Å². The lowest BCUT2D eigenvalue weighted by Crippen LogP contribution is -2.00. The van der Waals surface area contributed by atoms with Gasteiger partial charge in [-0.25, -0.2) is 0 Å². The second-order valence-corrected chi connectivity index (χ2v) is 3.69. The van der Waals surface area contributed by atoms with Crippen LogP contribution in [0.5, 0.6) is 0 Å². The van der Waals surface area contributed by atoms with Crippen molar-refractivity contribution in [2.45, 2.75) is 26.2 Å². The zero-order chi connectivity index (χ0) is 10.6. The molecular weight excluding hydrogens is 196 g/mol. The Morgan fingerprint density at radius 1 is 1.50 bits per heavy atom. The fraction of sp³-hybridized carbons (Fsp3) is 0.333. The lowest BCUT2D eigenvalue weighted by Gasteiger charge is -2.08. The average Bonchev–Trinajstić information content (AvgIpc) is 2.15. The molecule has 0 amide bonds. The minimum absolute atomic E-state index is 0.0755. The Morgan fingerprint density at radius 3 is 2.79 bits per heavy atom. The first-order valence-electron chi connectivity index (χ1n) is 4.74. The zero-order valence-electron chi connectivity index (χ0n) is 8.35. The van der Waals surface area contributed by atoms with Crippen molar-refractivity contribution in [3.8, 4) is 0 Å². The van der Waals surface area contributed by atoms with E-state index in [9.17, 15) is 4.79 Å². The number of unbranched alkanes of at least 4 members (excludes halogenated alkanes) is 1. The fourth-order valence-corrected chi connectivity index (χ4v) is 1.71. The Labute approximate surface area is 90.1 Å². The molecule has 0 saturated carbocycles. The first-order valence-corrected chi connectivity index (χ1v) is 5.12. The van der Waals surface area contributed by atoms with Crippen LogP contribution >= 0.6 is 11.6 Å².